The molecule has 104 valence electrons. The molecule has 0 unspecified atom stereocenters. The fraction of sp³-hybridized carbons (Fsp3) is 0.333. The predicted molar refractivity (Wildman–Crippen MR) is 64.9 cm³/mol. The zero-order valence-corrected chi connectivity index (χ0v) is 11.1. The van der Waals surface area contributed by atoms with Crippen LogP contribution in [0.15, 0.2) is 28.5 Å². The highest BCUT2D eigenvalue weighted by molar-refractivity contribution is 7.95. The molecule has 0 bridgehead atoms. The summed E-state index contributed by atoms with van der Waals surface area (Å²) in [6.07, 6.45) is -4.63. The molecule has 1 aromatic carbocycles. The van der Waals surface area contributed by atoms with E-state index in [9.17, 15) is 21.6 Å². The molecule has 7 heteroatoms. The highest BCUT2D eigenvalue weighted by Gasteiger charge is 2.42. The van der Waals surface area contributed by atoms with Gasteiger partial charge < -0.3 is 5.73 Å². The van der Waals surface area contributed by atoms with Gasteiger partial charge in [-0.2, -0.15) is 13.2 Å². The molecular weight excluding hydrogens is 279 g/mol. The molecule has 3 nitrogen and oxygen atoms in total. The van der Waals surface area contributed by atoms with Crippen molar-refractivity contribution in [2.75, 3.05) is 0 Å². The van der Waals surface area contributed by atoms with Crippen molar-refractivity contribution in [3.8, 4) is 0 Å². The molecule has 0 atom stereocenters. The summed E-state index contributed by atoms with van der Waals surface area (Å²) in [6, 6.07) is 3.11. The maximum Gasteiger partial charge on any atom is 0.417 e. The third-order valence-corrected chi connectivity index (χ3v) is 4.37. The Balaban J connectivity index is 2.86. The van der Waals surface area contributed by atoms with Crippen LogP contribution in [-0.2, 0) is 16.0 Å². The minimum Gasteiger partial charge on any atom is -0.322 e. The van der Waals surface area contributed by atoms with E-state index in [1.54, 1.807) is 0 Å². The van der Waals surface area contributed by atoms with Gasteiger partial charge in [0, 0.05) is 16.5 Å². The zero-order valence-electron chi connectivity index (χ0n) is 10.2. The Hall–Kier alpha value is -1.34. The summed E-state index contributed by atoms with van der Waals surface area (Å²) in [4.78, 5) is -0.337. The molecule has 1 aromatic rings. The smallest absolute Gasteiger partial charge is 0.322 e. The van der Waals surface area contributed by atoms with Crippen LogP contribution in [0.5, 0.6) is 0 Å². The van der Waals surface area contributed by atoms with Crippen LogP contribution in [0.2, 0.25) is 0 Å². The fourth-order valence-electron chi connectivity index (χ4n) is 2.03. The Kier molecular flexibility index (Phi) is 2.84. The van der Waals surface area contributed by atoms with Crippen LogP contribution in [0.3, 0.4) is 0 Å². The lowest BCUT2D eigenvalue weighted by atomic mass is 9.88. The molecule has 0 radical (unpaired) electrons. The van der Waals surface area contributed by atoms with Gasteiger partial charge in [-0.1, -0.05) is 6.07 Å². The van der Waals surface area contributed by atoms with Gasteiger partial charge in [-0.25, -0.2) is 8.42 Å². The highest BCUT2D eigenvalue weighted by Crippen LogP contribution is 2.45. The largest absolute Gasteiger partial charge is 0.417 e. The molecule has 1 aliphatic rings. The molecule has 2 N–H and O–H groups in total. The summed E-state index contributed by atoms with van der Waals surface area (Å²) in [7, 11) is -3.86. The topological polar surface area (TPSA) is 60.2 Å². The van der Waals surface area contributed by atoms with Crippen molar-refractivity contribution in [2.45, 2.75) is 30.5 Å². The second kappa shape index (κ2) is 3.83. The lowest BCUT2D eigenvalue weighted by molar-refractivity contribution is -0.137. The molecule has 0 saturated carbocycles. The number of hydrogen-bond acceptors (Lipinski definition) is 3. The fourth-order valence-corrected chi connectivity index (χ4v) is 3.67. The van der Waals surface area contributed by atoms with E-state index in [0.29, 0.717) is 0 Å². The molecule has 0 amide bonds. The maximum atomic E-state index is 13.0. The van der Waals surface area contributed by atoms with Gasteiger partial charge in [0.1, 0.15) is 0 Å². The van der Waals surface area contributed by atoms with Gasteiger partial charge in [0.05, 0.1) is 10.5 Å². The molecule has 0 aromatic heterocycles. The van der Waals surface area contributed by atoms with Crippen molar-refractivity contribution in [3.63, 3.8) is 0 Å². The van der Waals surface area contributed by atoms with E-state index < -0.39 is 27.1 Å². The van der Waals surface area contributed by atoms with Crippen LogP contribution in [0, 0.1) is 0 Å². The second-order valence-electron chi connectivity index (χ2n) is 4.97. The summed E-state index contributed by atoms with van der Waals surface area (Å²) in [5.41, 5.74) is 3.28. The van der Waals surface area contributed by atoms with Crippen molar-refractivity contribution < 1.29 is 21.6 Å². The highest BCUT2D eigenvalue weighted by atomic mass is 32.2. The van der Waals surface area contributed by atoms with Crippen molar-refractivity contribution in [2.24, 2.45) is 5.73 Å². The number of alkyl halides is 3. The average molecular weight is 291 g/mol. The first-order chi connectivity index (χ1) is 8.44. The van der Waals surface area contributed by atoms with Gasteiger partial charge in [0.15, 0.2) is 0 Å². The van der Waals surface area contributed by atoms with E-state index in [1.165, 1.54) is 13.8 Å². The standard InChI is InChI=1S/C12H12F3NO2S/c1-11(2,16)8-6-19(17,18)9-5-3-4-7(10(8)9)12(13,14)15/h3-6H,16H2,1-2H3. The Morgan fingerprint density at radius 2 is 1.74 bits per heavy atom. The van der Waals surface area contributed by atoms with E-state index in [4.69, 9.17) is 5.73 Å². The van der Waals surface area contributed by atoms with Crippen LogP contribution < -0.4 is 5.73 Å². The van der Waals surface area contributed by atoms with Gasteiger partial charge in [0.2, 0.25) is 9.84 Å². The van der Waals surface area contributed by atoms with Crippen LogP contribution in [0.25, 0.3) is 5.57 Å². The zero-order chi connectivity index (χ0) is 14.6. The van der Waals surface area contributed by atoms with E-state index in [1.807, 2.05) is 0 Å². The molecule has 0 spiro atoms. The Morgan fingerprint density at radius 1 is 1.16 bits per heavy atom. The first-order valence-electron chi connectivity index (χ1n) is 5.41. The molecule has 2 rings (SSSR count). The van der Waals surface area contributed by atoms with E-state index in [2.05, 4.69) is 0 Å². The van der Waals surface area contributed by atoms with Crippen LogP contribution in [0.4, 0.5) is 13.2 Å². The summed E-state index contributed by atoms with van der Waals surface area (Å²) in [5, 5.41) is 0.826. The van der Waals surface area contributed by atoms with Gasteiger partial charge in [-0.05, 0) is 31.6 Å². The number of halogens is 3. The number of fused-ring (bicyclic) bond motifs is 1. The quantitative estimate of drug-likeness (QED) is 0.865. The van der Waals surface area contributed by atoms with Gasteiger partial charge in [-0.15, -0.1) is 0 Å². The molecule has 0 saturated heterocycles. The van der Waals surface area contributed by atoms with E-state index in [-0.39, 0.29) is 16.0 Å². The third kappa shape index (κ3) is 2.28. The van der Waals surface area contributed by atoms with E-state index >= 15 is 0 Å². The summed E-state index contributed by atoms with van der Waals surface area (Å²) < 4.78 is 62.8. The molecule has 1 heterocycles. The van der Waals surface area contributed by atoms with Gasteiger partial charge in [0.25, 0.3) is 0 Å². The first kappa shape index (κ1) is 14.1. The third-order valence-electron chi connectivity index (χ3n) is 2.87. The average Bonchev–Trinajstić information content (AvgIpc) is 2.49. The van der Waals surface area contributed by atoms with Gasteiger partial charge >= 0.3 is 6.18 Å². The van der Waals surface area contributed by atoms with Crippen LogP contribution in [0.1, 0.15) is 25.0 Å². The second-order valence-corrected chi connectivity index (χ2v) is 6.74. The summed E-state index contributed by atoms with van der Waals surface area (Å²) in [5.74, 6) is 0. The Labute approximate surface area is 108 Å². The molecule has 0 fully saturated rings. The number of sulfone groups is 1. The lowest BCUT2D eigenvalue weighted by Crippen LogP contribution is -2.33. The summed E-state index contributed by atoms with van der Waals surface area (Å²) >= 11 is 0. The molecular formula is C12H12F3NO2S. The lowest BCUT2D eigenvalue weighted by Gasteiger charge is -2.23. The molecule has 19 heavy (non-hydrogen) atoms. The maximum absolute atomic E-state index is 13.0. The van der Waals surface area contributed by atoms with Crippen molar-refractivity contribution in [1.82, 2.24) is 0 Å². The van der Waals surface area contributed by atoms with Crippen molar-refractivity contribution in [1.29, 1.82) is 0 Å². The minimum atomic E-state index is -4.63. The SMILES string of the molecule is CC(C)(N)C1=CS(=O)(=O)c2cccc(C(F)(F)F)c21. The van der Waals surface area contributed by atoms with Crippen LogP contribution >= 0.6 is 0 Å². The number of benzene rings is 1. The Morgan fingerprint density at radius 3 is 2.21 bits per heavy atom. The number of nitrogens with two attached hydrogens (primary N) is 1. The van der Waals surface area contributed by atoms with Crippen molar-refractivity contribution >= 4 is 15.4 Å². The monoisotopic (exact) mass is 291 g/mol. The first-order valence-corrected chi connectivity index (χ1v) is 6.96. The van der Waals surface area contributed by atoms with Gasteiger partial charge in [-0.3, -0.25) is 0 Å². The number of rotatable bonds is 1. The van der Waals surface area contributed by atoms with Crippen molar-refractivity contribution in [3.05, 3.63) is 34.7 Å². The predicted octanol–water partition coefficient (Wildman–Crippen LogP) is 2.57. The Bertz CT molecular complexity index is 667. The molecule has 0 aliphatic carbocycles. The minimum absolute atomic E-state index is 0.0181. The summed E-state index contributed by atoms with van der Waals surface area (Å²) in [6.45, 7) is 2.94. The normalized spacial score (nSPS) is 18.1. The number of hydrogen-bond donors (Lipinski definition) is 1. The van der Waals surface area contributed by atoms with Crippen LogP contribution in [-0.4, -0.2) is 14.0 Å². The van der Waals surface area contributed by atoms with E-state index in [0.717, 1.165) is 23.6 Å². The molecule has 1 aliphatic heterocycles.